The molecule has 3 nitrogen and oxygen atoms in total. The zero-order chi connectivity index (χ0) is 19.3. The van der Waals surface area contributed by atoms with E-state index < -0.39 is 40.4 Å². The average molecular weight is 437 g/mol. The monoisotopic (exact) mass is 436 g/mol. The van der Waals surface area contributed by atoms with Gasteiger partial charge in [0.25, 0.3) is 5.56 Å². The van der Waals surface area contributed by atoms with Crippen LogP contribution >= 0.6 is 15.9 Å². The van der Waals surface area contributed by atoms with Gasteiger partial charge in [-0.2, -0.15) is 26.3 Å². The van der Waals surface area contributed by atoms with E-state index in [1.807, 2.05) is 0 Å². The smallest absolute Gasteiger partial charge is 0.306 e. The van der Waals surface area contributed by atoms with Crippen LogP contribution < -0.4 is 5.56 Å². The minimum absolute atomic E-state index is 0.0363. The Morgan fingerprint density at radius 1 is 0.962 bits per heavy atom. The molecule has 1 aromatic heterocycles. The van der Waals surface area contributed by atoms with Gasteiger partial charge in [0.2, 0.25) is 0 Å². The van der Waals surface area contributed by atoms with E-state index in [0.717, 1.165) is 24.3 Å². The Kier molecular flexibility index (Phi) is 4.33. The lowest BCUT2D eigenvalue weighted by atomic mass is 10.1. The third kappa shape index (κ3) is 3.46. The first-order valence-corrected chi connectivity index (χ1v) is 7.74. The molecule has 0 amide bonds. The van der Waals surface area contributed by atoms with Crippen LogP contribution in [0.3, 0.4) is 0 Å². The van der Waals surface area contributed by atoms with Gasteiger partial charge in [0.15, 0.2) is 0 Å². The highest BCUT2D eigenvalue weighted by molar-refractivity contribution is 9.10. The summed E-state index contributed by atoms with van der Waals surface area (Å²) in [7, 11) is 0. The number of benzene rings is 2. The van der Waals surface area contributed by atoms with Gasteiger partial charge in [-0.25, -0.2) is 4.98 Å². The summed E-state index contributed by atoms with van der Waals surface area (Å²) >= 11 is 2.92. The largest absolute Gasteiger partial charge is 0.418 e. The van der Waals surface area contributed by atoms with Gasteiger partial charge >= 0.3 is 12.4 Å². The quantitative estimate of drug-likeness (QED) is 0.519. The Morgan fingerprint density at radius 3 is 2.27 bits per heavy atom. The Labute approximate surface area is 149 Å². The van der Waals surface area contributed by atoms with Gasteiger partial charge in [0.1, 0.15) is 5.82 Å². The second-order valence-electron chi connectivity index (χ2n) is 5.34. The normalized spacial score (nSPS) is 12.6. The molecule has 0 unspecified atom stereocenters. The maximum Gasteiger partial charge on any atom is 0.418 e. The van der Waals surface area contributed by atoms with Gasteiger partial charge in [-0.3, -0.25) is 4.79 Å². The van der Waals surface area contributed by atoms with Crippen molar-refractivity contribution in [1.29, 1.82) is 0 Å². The van der Waals surface area contributed by atoms with Crippen LogP contribution in [0.5, 0.6) is 0 Å². The molecular weight excluding hydrogens is 430 g/mol. The fraction of sp³-hybridized carbons (Fsp3) is 0.125. The summed E-state index contributed by atoms with van der Waals surface area (Å²) in [4.78, 5) is 18.1. The molecule has 0 saturated heterocycles. The van der Waals surface area contributed by atoms with Gasteiger partial charge in [0.05, 0.1) is 22.0 Å². The third-order valence-corrected chi connectivity index (χ3v) is 4.00. The fourth-order valence-corrected chi connectivity index (χ4v) is 2.91. The number of fused-ring (bicyclic) bond motifs is 1. The molecule has 0 spiro atoms. The molecule has 2 aromatic carbocycles. The highest BCUT2D eigenvalue weighted by Gasteiger charge is 2.34. The van der Waals surface area contributed by atoms with Crippen molar-refractivity contribution in [3.05, 3.63) is 62.4 Å². The van der Waals surface area contributed by atoms with E-state index >= 15 is 0 Å². The maximum atomic E-state index is 13.2. The second-order valence-corrected chi connectivity index (χ2v) is 6.26. The van der Waals surface area contributed by atoms with Crippen molar-refractivity contribution in [1.82, 2.24) is 9.97 Å². The van der Waals surface area contributed by atoms with E-state index in [9.17, 15) is 31.1 Å². The molecule has 0 aliphatic rings. The molecular formula is C16H7BrF6N2O. The Balaban J connectivity index is 2.31. The molecule has 0 aliphatic carbocycles. The summed E-state index contributed by atoms with van der Waals surface area (Å²) in [6, 6.07) is 5.69. The molecule has 0 aliphatic heterocycles. The number of nitrogens with zero attached hydrogens (tertiary/aromatic N) is 1. The number of aromatic nitrogens is 2. The highest BCUT2D eigenvalue weighted by Crippen LogP contribution is 2.36. The Morgan fingerprint density at radius 2 is 1.65 bits per heavy atom. The van der Waals surface area contributed by atoms with E-state index in [1.54, 1.807) is 0 Å². The maximum absolute atomic E-state index is 13.2. The summed E-state index contributed by atoms with van der Waals surface area (Å²) in [6.07, 6.45) is -9.45. The zero-order valence-corrected chi connectivity index (χ0v) is 14.1. The van der Waals surface area contributed by atoms with Gasteiger partial charge < -0.3 is 4.98 Å². The number of para-hydroxylation sites is 1. The van der Waals surface area contributed by atoms with Crippen LogP contribution in [0.15, 0.2) is 45.7 Å². The molecule has 0 saturated carbocycles. The fourth-order valence-electron chi connectivity index (χ4n) is 2.42. The van der Waals surface area contributed by atoms with Crippen LogP contribution in [0.1, 0.15) is 11.1 Å². The van der Waals surface area contributed by atoms with Crippen LogP contribution in [-0.2, 0) is 12.4 Å². The summed E-state index contributed by atoms with van der Waals surface area (Å²) in [6.45, 7) is 0. The first-order chi connectivity index (χ1) is 12.0. The van der Waals surface area contributed by atoms with E-state index in [0.29, 0.717) is 6.07 Å². The summed E-state index contributed by atoms with van der Waals surface area (Å²) < 4.78 is 78.4. The van der Waals surface area contributed by atoms with Crippen LogP contribution in [0.2, 0.25) is 0 Å². The highest BCUT2D eigenvalue weighted by atomic mass is 79.9. The zero-order valence-electron chi connectivity index (χ0n) is 12.5. The van der Waals surface area contributed by atoms with Crippen molar-refractivity contribution in [2.45, 2.75) is 12.4 Å². The van der Waals surface area contributed by atoms with E-state index in [4.69, 9.17) is 0 Å². The van der Waals surface area contributed by atoms with E-state index in [1.165, 1.54) is 6.07 Å². The van der Waals surface area contributed by atoms with Crippen LogP contribution in [0.25, 0.3) is 22.3 Å². The van der Waals surface area contributed by atoms with Crippen molar-refractivity contribution in [2.24, 2.45) is 0 Å². The topological polar surface area (TPSA) is 45.8 Å². The lowest BCUT2D eigenvalue weighted by Crippen LogP contribution is -2.14. The molecule has 0 atom stereocenters. The predicted molar refractivity (Wildman–Crippen MR) is 85.5 cm³/mol. The third-order valence-electron chi connectivity index (χ3n) is 3.54. The first kappa shape index (κ1) is 18.4. The van der Waals surface area contributed by atoms with Gasteiger partial charge in [-0.1, -0.05) is 22.0 Å². The lowest BCUT2D eigenvalue weighted by Gasteiger charge is -2.12. The number of hydrogen-bond acceptors (Lipinski definition) is 2. The minimum atomic E-state index is -4.77. The van der Waals surface area contributed by atoms with Crippen molar-refractivity contribution in [3.8, 4) is 11.4 Å². The SMILES string of the molecule is O=c1[nH]c(-c2cc(Br)cc(C(F)(F)F)c2)nc2c(C(F)(F)F)cccc12. The number of aromatic amines is 1. The van der Waals surface area contributed by atoms with Crippen LogP contribution in [0.4, 0.5) is 26.3 Å². The number of nitrogens with one attached hydrogen (secondary N) is 1. The van der Waals surface area contributed by atoms with Crippen molar-refractivity contribution in [3.63, 3.8) is 0 Å². The molecule has 0 bridgehead atoms. The second kappa shape index (κ2) is 6.11. The average Bonchev–Trinajstić information content (AvgIpc) is 2.52. The van der Waals surface area contributed by atoms with Crippen molar-refractivity contribution < 1.29 is 26.3 Å². The molecule has 3 rings (SSSR count). The Bertz CT molecular complexity index is 1060. The van der Waals surface area contributed by atoms with Gasteiger partial charge in [-0.15, -0.1) is 0 Å². The molecule has 3 aromatic rings. The molecule has 10 heteroatoms. The molecule has 0 fully saturated rings. The summed E-state index contributed by atoms with van der Waals surface area (Å²) in [5, 5.41) is -0.311. The molecule has 1 N–H and O–H groups in total. The standard InChI is InChI=1S/C16H7BrF6N2O/c17-9-5-7(4-8(6-9)15(18,19)20)13-24-12-10(14(26)25-13)2-1-3-11(12)16(21,22)23/h1-6H,(H,24,25,26). The number of hydrogen-bond donors (Lipinski definition) is 1. The van der Waals surface area contributed by atoms with Gasteiger partial charge in [0, 0.05) is 10.0 Å². The molecule has 26 heavy (non-hydrogen) atoms. The number of rotatable bonds is 1. The summed E-state index contributed by atoms with van der Waals surface area (Å²) in [5.74, 6) is -0.397. The number of H-pyrrole nitrogens is 1. The van der Waals surface area contributed by atoms with Crippen molar-refractivity contribution >= 4 is 26.8 Å². The van der Waals surface area contributed by atoms with Gasteiger partial charge in [-0.05, 0) is 30.3 Å². The van der Waals surface area contributed by atoms with E-state index in [2.05, 4.69) is 25.9 Å². The number of alkyl halides is 6. The van der Waals surface area contributed by atoms with Crippen LogP contribution in [0, 0.1) is 0 Å². The lowest BCUT2D eigenvalue weighted by molar-refractivity contribution is -0.138. The molecule has 1 heterocycles. The predicted octanol–water partition coefficient (Wildman–Crippen LogP) is 5.39. The molecule has 0 radical (unpaired) electrons. The van der Waals surface area contributed by atoms with Crippen LogP contribution in [-0.4, -0.2) is 9.97 Å². The first-order valence-electron chi connectivity index (χ1n) is 6.95. The Hall–Kier alpha value is -2.36. The molecule has 136 valence electrons. The minimum Gasteiger partial charge on any atom is -0.306 e. The number of halogens is 7. The summed E-state index contributed by atoms with van der Waals surface area (Å²) in [5.41, 5.74) is -3.87. The van der Waals surface area contributed by atoms with E-state index in [-0.39, 0.29) is 15.4 Å². The van der Waals surface area contributed by atoms with Crippen molar-refractivity contribution in [2.75, 3.05) is 0 Å².